The van der Waals surface area contributed by atoms with Crippen LogP contribution in [0.25, 0.3) is 0 Å². The van der Waals surface area contributed by atoms with E-state index in [1.165, 1.54) is 3.57 Å². The minimum atomic E-state index is 0.518. The summed E-state index contributed by atoms with van der Waals surface area (Å²) in [5.74, 6) is 1.66. The summed E-state index contributed by atoms with van der Waals surface area (Å²) < 4.78 is 1.18. The Kier molecular flexibility index (Phi) is 4.35. The molecule has 0 aliphatic carbocycles. The minimum absolute atomic E-state index is 0.518. The fourth-order valence-electron chi connectivity index (χ4n) is 1.39. The number of anilines is 4. The maximum atomic E-state index is 4.35. The van der Waals surface area contributed by atoms with Crippen molar-refractivity contribution in [2.45, 2.75) is 0 Å². The first-order valence-electron chi connectivity index (χ1n) is 5.72. The lowest BCUT2D eigenvalue weighted by Gasteiger charge is -2.13. The van der Waals surface area contributed by atoms with Crippen molar-refractivity contribution in [3.63, 3.8) is 0 Å². The molecule has 0 aliphatic rings. The third kappa shape index (κ3) is 3.66. The van der Waals surface area contributed by atoms with E-state index >= 15 is 0 Å². The molecule has 1 aromatic carbocycles. The molecular formula is C12H15IN6. The predicted molar refractivity (Wildman–Crippen MR) is 86.1 cm³/mol. The number of nitrogens with one attached hydrogen (secondary N) is 2. The fourth-order valence-corrected chi connectivity index (χ4v) is 1.75. The summed E-state index contributed by atoms with van der Waals surface area (Å²) >= 11 is 2.27. The highest BCUT2D eigenvalue weighted by atomic mass is 127. The van der Waals surface area contributed by atoms with Gasteiger partial charge in [-0.3, -0.25) is 0 Å². The van der Waals surface area contributed by atoms with Gasteiger partial charge in [0.05, 0.1) is 0 Å². The molecule has 0 fully saturated rings. The first-order valence-corrected chi connectivity index (χ1v) is 6.80. The molecule has 1 heterocycles. The van der Waals surface area contributed by atoms with Crippen LogP contribution in [0.5, 0.6) is 0 Å². The van der Waals surface area contributed by atoms with Crippen LogP contribution in [0.15, 0.2) is 24.3 Å². The number of rotatable bonds is 4. The molecule has 19 heavy (non-hydrogen) atoms. The molecule has 2 aromatic rings. The molecule has 2 rings (SSSR count). The number of halogens is 1. The second-order valence-electron chi connectivity index (χ2n) is 4.06. The van der Waals surface area contributed by atoms with Crippen LogP contribution in [0.4, 0.5) is 23.5 Å². The molecule has 1 aromatic heterocycles. The zero-order chi connectivity index (χ0) is 13.8. The van der Waals surface area contributed by atoms with E-state index in [0.717, 1.165) is 5.69 Å². The molecule has 7 heteroatoms. The summed E-state index contributed by atoms with van der Waals surface area (Å²) in [6.45, 7) is 0. The third-order valence-corrected chi connectivity index (χ3v) is 3.07. The van der Waals surface area contributed by atoms with Gasteiger partial charge in [0.25, 0.3) is 0 Å². The molecule has 0 bridgehead atoms. The monoisotopic (exact) mass is 370 g/mol. The molecule has 0 amide bonds. The standard InChI is InChI=1S/C12H15IN6/c1-14-10-16-11(18-12(17-10)19(2)3)15-9-6-4-8(13)5-7-9/h4-7H,1-3H3,(H2,14,15,16,17,18). The Balaban J connectivity index is 2.28. The highest BCUT2D eigenvalue weighted by Gasteiger charge is 2.07. The van der Waals surface area contributed by atoms with Gasteiger partial charge in [-0.15, -0.1) is 0 Å². The van der Waals surface area contributed by atoms with Gasteiger partial charge in [0, 0.05) is 30.4 Å². The second-order valence-corrected chi connectivity index (χ2v) is 5.30. The van der Waals surface area contributed by atoms with Gasteiger partial charge in [-0.25, -0.2) is 0 Å². The Hall–Kier alpha value is -1.64. The largest absolute Gasteiger partial charge is 0.357 e. The normalized spacial score (nSPS) is 10.1. The van der Waals surface area contributed by atoms with E-state index in [2.05, 4.69) is 48.2 Å². The van der Waals surface area contributed by atoms with Crippen LogP contribution in [-0.2, 0) is 0 Å². The Morgan fingerprint density at radius 3 is 2.21 bits per heavy atom. The molecule has 0 atom stereocenters. The Bertz CT molecular complexity index is 555. The lowest BCUT2D eigenvalue weighted by molar-refractivity contribution is 0.963. The van der Waals surface area contributed by atoms with Crippen molar-refractivity contribution in [3.8, 4) is 0 Å². The summed E-state index contributed by atoms with van der Waals surface area (Å²) in [5, 5.41) is 6.10. The molecule has 100 valence electrons. The topological polar surface area (TPSA) is 66.0 Å². The van der Waals surface area contributed by atoms with E-state index in [9.17, 15) is 0 Å². The van der Waals surface area contributed by atoms with Crippen molar-refractivity contribution in [2.75, 3.05) is 36.7 Å². The van der Waals surface area contributed by atoms with E-state index < -0.39 is 0 Å². The van der Waals surface area contributed by atoms with E-state index in [4.69, 9.17) is 0 Å². The summed E-state index contributed by atoms with van der Waals surface area (Å²) in [7, 11) is 5.57. The summed E-state index contributed by atoms with van der Waals surface area (Å²) in [5.41, 5.74) is 0.943. The molecule has 2 N–H and O–H groups in total. The molecular weight excluding hydrogens is 355 g/mol. The zero-order valence-corrected chi connectivity index (χ0v) is 13.1. The van der Waals surface area contributed by atoms with Gasteiger partial charge in [0.2, 0.25) is 17.8 Å². The second kappa shape index (κ2) is 6.00. The van der Waals surface area contributed by atoms with Crippen molar-refractivity contribution in [1.82, 2.24) is 15.0 Å². The van der Waals surface area contributed by atoms with E-state index in [-0.39, 0.29) is 0 Å². The van der Waals surface area contributed by atoms with Crippen LogP contribution in [0, 0.1) is 3.57 Å². The van der Waals surface area contributed by atoms with Crippen molar-refractivity contribution >= 4 is 46.1 Å². The maximum Gasteiger partial charge on any atom is 0.233 e. The summed E-state index contributed by atoms with van der Waals surface area (Å²) in [4.78, 5) is 14.7. The van der Waals surface area contributed by atoms with Crippen LogP contribution in [-0.4, -0.2) is 36.1 Å². The fraction of sp³-hybridized carbons (Fsp3) is 0.250. The Labute approximate surface area is 125 Å². The Morgan fingerprint density at radius 2 is 1.63 bits per heavy atom. The van der Waals surface area contributed by atoms with Crippen LogP contribution >= 0.6 is 22.6 Å². The molecule has 0 unspecified atom stereocenters. The average Bonchev–Trinajstić information content (AvgIpc) is 2.41. The van der Waals surface area contributed by atoms with E-state index in [1.54, 1.807) is 7.05 Å². The molecule has 6 nitrogen and oxygen atoms in total. The molecule has 0 saturated heterocycles. The zero-order valence-electron chi connectivity index (χ0n) is 11.0. The van der Waals surface area contributed by atoms with Crippen molar-refractivity contribution in [2.24, 2.45) is 0 Å². The third-order valence-electron chi connectivity index (χ3n) is 2.35. The minimum Gasteiger partial charge on any atom is -0.357 e. The van der Waals surface area contributed by atoms with Crippen LogP contribution in [0.3, 0.4) is 0 Å². The first-order chi connectivity index (χ1) is 9.08. The van der Waals surface area contributed by atoms with Gasteiger partial charge in [-0.2, -0.15) is 15.0 Å². The summed E-state index contributed by atoms with van der Waals surface area (Å²) in [6.07, 6.45) is 0. The number of hydrogen-bond acceptors (Lipinski definition) is 6. The molecule has 0 spiro atoms. The van der Waals surface area contributed by atoms with Crippen molar-refractivity contribution in [3.05, 3.63) is 27.8 Å². The van der Waals surface area contributed by atoms with Crippen molar-refractivity contribution in [1.29, 1.82) is 0 Å². The smallest absolute Gasteiger partial charge is 0.233 e. The van der Waals surface area contributed by atoms with E-state index in [0.29, 0.717) is 17.8 Å². The predicted octanol–water partition coefficient (Wildman–Crippen LogP) is 2.33. The van der Waals surface area contributed by atoms with Gasteiger partial charge >= 0.3 is 0 Å². The SMILES string of the molecule is CNc1nc(Nc2ccc(I)cc2)nc(N(C)C)n1. The Morgan fingerprint density at radius 1 is 1.00 bits per heavy atom. The highest BCUT2D eigenvalue weighted by molar-refractivity contribution is 14.1. The number of hydrogen-bond donors (Lipinski definition) is 2. The number of benzene rings is 1. The lowest BCUT2D eigenvalue weighted by atomic mass is 10.3. The quantitative estimate of drug-likeness (QED) is 0.806. The van der Waals surface area contributed by atoms with Crippen LogP contribution < -0.4 is 15.5 Å². The molecule has 0 saturated carbocycles. The summed E-state index contributed by atoms with van der Waals surface area (Å²) in [6, 6.07) is 8.02. The maximum absolute atomic E-state index is 4.35. The molecule has 0 radical (unpaired) electrons. The van der Waals surface area contributed by atoms with Gasteiger partial charge in [0.1, 0.15) is 0 Å². The van der Waals surface area contributed by atoms with Gasteiger partial charge in [-0.1, -0.05) is 0 Å². The number of aromatic nitrogens is 3. The van der Waals surface area contributed by atoms with E-state index in [1.807, 2.05) is 43.3 Å². The first kappa shape index (κ1) is 13.8. The van der Waals surface area contributed by atoms with Crippen LogP contribution in [0.1, 0.15) is 0 Å². The van der Waals surface area contributed by atoms with Crippen LogP contribution in [0.2, 0.25) is 0 Å². The van der Waals surface area contributed by atoms with Crippen molar-refractivity contribution < 1.29 is 0 Å². The average molecular weight is 370 g/mol. The lowest BCUT2D eigenvalue weighted by Crippen LogP contribution is -2.15. The highest BCUT2D eigenvalue weighted by Crippen LogP contribution is 2.17. The van der Waals surface area contributed by atoms with Gasteiger partial charge < -0.3 is 15.5 Å². The number of nitrogens with zero attached hydrogens (tertiary/aromatic N) is 4. The van der Waals surface area contributed by atoms with Gasteiger partial charge in [-0.05, 0) is 46.9 Å². The van der Waals surface area contributed by atoms with Gasteiger partial charge in [0.15, 0.2) is 0 Å². The molecule has 0 aliphatic heterocycles.